The maximum Gasteiger partial charge on any atom is 2.00 e. The van der Waals surface area contributed by atoms with Crippen molar-refractivity contribution in [3.63, 3.8) is 0 Å². The summed E-state index contributed by atoms with van der Waals surface area (Å²) < 4.78 is 0. The van der Waals surface area contributed by atoms with Gasteiger partial charge in [0.2, 0.25) is 0 Å². The molecule has 0 amide bonds. The quantitative estimate of drug-likeness (QED) is 0.622. The molecule has 0 aliphatic heterocycles. The van der Waals surface area contributed by atoms with Gasteiger partial charge in [-0.1, -0.05) is 41.5 Å². The largest absolute Gasteiger partial charge is 2.00 e. The van der Waals surface area contributed by atoms with Crippen molar-refractivity contribution < 1.29 is 35.9 Å². The minimum absolute atomic E-state index is 0. The number of benzene rings is 1. The van der Waals surface area contributed by atoms with Crippen molar-refractivity contribution in [1.82, 2.24) is 0 Å². The van der Waals surface area contributed by atoms with Crippen LogP contribution >= 0.6 is 0 Å². The van der Waals surface area contributed by atoms with E-state index in [9.17, 15) is 4.79 Å². The Hall–Kier alpha value is -0.0581. The van der Waals surface area contributed by atoms with Crippen molar-refractivity contribution in [2.75, 3.05) is 0 Å². The summed E-state index contributed by atoms with van der Waals surface area (Å²) in [7, 11) is 0. The fourth-order valence-corrected chi connectivity index (χ4v) is 0.618. The first-order chi connectivity index (χ1) is 7.43. The molecular formula is C14H24OU. The molecule has 2 heteroatoms. The van der Waals surface area contributed by atoms with Crippen molar-refractivity contribution in [3.05, 3.63) is 35.9 Å². The molecule has 90 valence electrons. The molecule has 0 unspecified atom stereocenters. The van der Waals surface area contributed by atoms with Gasteiger partial charge in [-0.15, -0.1) is 6.42 Å². The summed E-state index contributed by atoms with van der Waals surface area (Å²) >= 11 is 0. The monoisotopic (exact) mass is 446 g/mol. The van der Waals surface area contributed by atoms with Crippen LogP contribution in [0, 0.1) is 37.2 Å². The van der Waals surface area contributed by atoms with Crippen LogP contribution in [0.2, 0.25) is 0 Å². The number of hydrogen-bond acceptors (Lipinski definition) is 1. The SMILES string of the molecule is CC.CC.CC.O=[C-]Cc1[c-]cccc1.[U+2]. The molecular weight excluding hydrogens is 422 g/mol. The molecule has 1 aromatic rings. The molecule has 0 saturated carbocycles. The first-order valence-corrected chi connectivity index (χ1v) is 5.74. The Kier molecular flexibility index (Phi) is 45.8. The smallest absolute Gasteiger partial charge is 0.542 e. The summed E-state index contributed by atoms with van der Waals surface area (Å²) in [6, 6.07) is 10.3. The number of hydrogen-bond donors (Lipinski definition) is 0. The van der Waals surface area contributed by atoms with E-state index in [1.165, 1.54) is 0 Å². The van der Waals surface area contributed by atoms with E-state index >= 15 is 0 Å². The molecule has 0 bridgehead atoms. The van der Waals surface area contributed by atoms with Gasteiger partial charge in [0.15, 0.2) is 0 Å². The maximum atomic E-state index is 9.83. The zero-order valence-corrected chi connectivity index (χ0v) is 15.6. The van der Waals surface area contributed by atoms with Crippen LogP contribution in [0.1, 0.15) is 47.1 Å². The van der Waals surface area contributed by atoms with Crippen LogP contribution in [0.5, 0.6) is 0 Å². The molecule has 1 aromatic carbocycles. The van der Waals surface area contributed by atoms with Crippen molar-refractivity contribution in [3.8, 4) is 0 Å². The molecule has 0 aliphatic rings. The molecule has 1 rings (SSSR count). The number of rotatable bonds is 2. The van der Waals surface area contributed by atoms with Crippen molar-refractivity contribution in [1.29, 1.82) is 0 Å². The fourth-order valence-electron chi connectivity index (χ4n) is 0.618. The van der Waals surface area contributed by atoms with E-state index in [0.717, 1.165) is 5.56 Å². The van der Waals surface area contributed by atoms with Gasteiger partial charge in [-0.25, -0.2) is 0 Å². The molecule has 16 heavy (non-hydrogen) atoms. The van der Waals surface area contributed by atoms with Crippen LogP contribution in [-0.2, 0) is 11.2 Å². The van der Waals surface area contributed by atoms with Crippen LogP contribution in [0.4, 0.5) is 0 Å². The van der Waals surface area contributed by atoms with Crippen LogP contribution in [0.15, 0.2) is 24.3 Å². The van der Waals surface area contributed by atoms with E-state index in [0.29, 0.717) is 6.42 Å². The Bertz CT molecular complexity index is 185. The second-order valence-electron chi connectivity index (χ2n) is 1.71. The number of carbonyl (C=O) groups excluding carboxylic acids is 1. The molecule has 0 spiro atoms. The maximum absolute atomic E-state index is 9.83. The van der Waals surface area contributed by atoms with E-state index in [-0.39, 0.29) is 31.1 Å². The van der Waals surface area contributed by atoms with E-state index in [4.69, 9.17) is 0 Å². The van der Waals surface area contributed by atoms with Gasteiger partial charge < -0.3 is 4.79 Å². The van der Waals surface area contributed by atoms with Crippen LogP contribution in [-0.4, -0.2) is 6.29 Å². The molecule has 0 aromatic heterocycles. The van der Waals surface area contributed by atoms with Gasteiger partial charge in [0.25, 0.3) is 0 Å². The molecule has 0 radical (unpaired) electrons. The summed E-state index contributed by atoms with van der Waals surface area (Å²) in [5.41, 5.74) is 0.896. The van der Waals surface area contributed by atoms with Gasteiger partial charge in [0, 0.05) is 0 Å². The first kappa shape index (κ1) is 25.0. The third-order valence-electron chi connectivity index (χ3n) is 1.04. The third kappa shape index (κ3) is 19.5. The van der Waals surface area contributed by atoms with Gasteiger partial charge in [-0.3, -0.25) is 6.29 Å². The fraction of sp³-hybridized carbons (Fsp3) is 0.500. The molecule has 0 saturated heterocycles. The average molecular weight is 446 g/mol. The standard InChI is InChI=1S/C8H6O.3C2H6.U/c9-7-6-8-4-2-1-3-5-8;3*1-2;/h1-4H,6H2;3*1-2H3;/q-2;;;;+2. The zero-order valence-electron chi connectivity index (χ0n) is 11.4. The van der Waals surface area contributed by atoms with E-state index < -0.39 is 0 Å². The second kappa shape index (κ2) is 29.4. The Morgan fingerprint density at radius 1 is 1.06 bits per heavy atom. The van der Waals surface area contributed by atoms with Crippen molar-refractivity contribution in [2.24, 2.45) is 0 Å². The third-order valence-corrected chi connectivity index (χ3v) is 1.04. The Labute approximate surface area is 125 Å². The van der Waals surface area contributed by atoms with Crippen LogP contribution < -0.4 is 0 Å². The van der Waals surface area contributed by atoms with Crippen molar-refractivity contribution >= 4 is 6.29 Å². The zero-order chi connectivity index (χ0) is 12.5. The van der Waals surface area contributed by atoms with Gasteiger partial charge in [-0.05, 0) is 0 Å². The molecule has 0 aliphatic carbocycles. The summed E-state index contributed by atoms with van der Waals surface area (Å²) in [6.07, 6.45) is 2.15. The molecule has 0 heterocycles. The van der Waals surface area contributed by atoms with Gasteiger partial charge in [0.1, 0.15) is 0 Å². The van der Waals surface area contributed by atoms with Crippen LogP contribution in [0.25, 0.3) is 0 Å². The van der Waals surface area contributed by atoms with Gasteiger partial charge >= 0.3 is 31.1 Å². The van der Waals surface area contributed by atoms with Crippen LogP contribution in [0.3, 0.4) is 0 Å². The summed E-state index contributed by atoms with van der Waals surface area (Å²) in [5.74, 6) is 0. The van der Waals surface area contributed by atoms with E-state index in [1.54, 1.807) is 12.4 Å². The van der Waals surface area contributed by atoms with E-state index in [1.807, 2.05) is 59.7 Å². The van der Waals surface area contributed by atoms with Gasteiger partial charge in [0.05, 0.1) is 0 Å². The Morgan fingerprint density at radius 3 is 1.88 bits per heavy atom. The topological polar surface area (TPSA) is 17.1 Å². The second-order valence-corrected chi connectivity index (χ2v) is 1.71. The van der Waals surface area contributed by atoms with Crippen molar-refractivity contribution in [2.45, 2.75) is 48.0 Å². The first-order valence-electron chi connectivity index (χ1n) is 5.74. The summed E-state index contributed by atoms with van der Waals surface area (Å²) in [6.45, 7) is 12.0. The average Bonchev–Trinajstić information content (AvgIpc) is 2.38. The van der Waals surface area contributed by atoms with Gasteiger partial charge in [-0.2, -0.15) is 35.9 Å². The normalized spacial score (nSPS) is 6.12. The van der Waals surface area contributed by atoms with E-state index in [2.05, 4.69) is 6.07 Å². The minimum atomic E-state index is 0. The predicted octanol–water partition coefficient (Wildman–Crippen LogP) is 4.22. The minimum Gasteiger partial charge on any atom is -0.542 e. The Morgan fingerprint density at radius 2 is 1.56 bits per heavy atom. The Balaban J connectivity index is -0.0000000900. The molecule has 1 nitrogen and oxygen atoms in total. The summed E-state index contributed by atoms with van der Waals surface area (Å²) in [4.78, 5) is 9.83. The predicted molar refractivity (Wildman–Crippen MR) is 68.7 cm³/mol. The molecule has 0 atom stereocenters. The molecule has 0 fully saturated rings. The summed E-state index contributed by atoms with van der Waals surface area (Å²) in [5, 5.41) is 0. The molecule has 0 N–H and O–H groups in total.